The van der Waals surface area contributed by atoms with Crippen molar-refractivity contribution in [3.05, 3.63) is 53.6 Å². The van der Waals surface area contributed by atoms with Crippen LogP contribution in [0.3, 0.4) is 0 Å². The first kappa shape index (κ1) is 22.7. The van der Waals surface area contributed by atoms with E-state index in [1.54, 1.807) is 0 Å². The Labute approximate surface area is 181 Å². The van der Waals surface area contributed by atoms with Gasteiger partial charge in [0.2, 0.25) is 26.0 Å². The summed E-state index contributed by atoms with van der Waals surface area (Å²) in [6.07, 6.45) is 1.69. The molecule has 1 heterocycles. The van der Waals surface area contributed by atoms with E-state index in [0.29, 0.717) is 23.8 Å². The summed E-state index contributed by atoms with van der Waals surface area (Å²) in [5.74, 6) is -0.551. The molecule has 2 aromatic carbocycles. The van der Waals surface area contributed by atoms with Crippen LogP contribution in [0.2, 0.25) is 5.02 Å². The highest BCUT2D eigenvalue weighted by atomic mass is 35.5. The van der Waals surface area contributed by atoms with Gasteiger partial charge in [0.1, 0.15) is 0 Å². The lowest BCUT2D eigenvalue weighted by Gasteiger charge is -2.17. The predicted molar refractivity (Wildman–Crippen MR) is 114 cm³/mol. The molecular weight excluding hydrogens is 450 g/mol. The second-order valence-corrected chi connectivity index (χ2v) is 11.3. The zero-order valence-corrected chi connectivity index (χ0v) is 18.7. The van der Waals surface area contributed by atoms with E-state index in [9.17, 15) is 21.6 Å². The van der Waals surface area contributed by atoms with Crippen LogP contribution in [0.1, 0.15) is 12.8 Å². The van der Waals surface area contributed by atoms with Gasteiger partial charge in [0, 0.05) is 30.8 Å². The first-order valence-corrected chi connectivity index (χ1v) is 12.5. The van der Waals surface area contributed by atoms with Crippen LogP contribution in [0.4, 0.5) is 5.69 Å². The molecule has 0 unspecified atom stereocenters. The first-order valence-electron chi connectivity index (χ1n) is 9.23. The fourth-order valence-corrected chi connectivity index (χ4v) is 5.83. The quantitative estimate of drug-likeness (QED) is 0.667. The van der Waals surface area contributed by atoms with Gasteiger partial charge in [-0.2, -0.15) is 8.61 Å². The second kappa shape index (κ2) is 9.03. The monoisotopic (exact) mass is 471 g/mol. The second-order valence-electron chi connectivity index (χ2n) is 6.90. The maximum Gasteiger partial charge on any atom is 0.243 e. The molecule has 1 aliphatic rings. The van der Waals surface area contributed by atoms with Gasteiger partial charge in [-0.3, -0.25) is 4.79 Å². The Morgan fingerprint density at radius 2 is 1.50 bits per heavy atom. The van der Waals surface area contributed by atoms with Crippen molar-refractivity contribution >= 4 is 43.2 Å². The minimum Gasteiger partial charge on any atom is -0.325 e. The van der Waals surface area contributed by atoms with Gasteiger partial charge < -0.3 is 5.32 Å². The van der Waals surface area contributed by atoms with E-state index in [1.165, 1.54) is 59.9 Å². The van der Waals surface area contributed by atoms with Gasteiger partial charge in [-0.25, -0.2) is 16.8 Å². The lowest BCUT2D eigenvalue weighted by atomic mass is 10.3. The van der Waals surface area contributed by atoms with Crippen LogP contribution in [-0.2, 0) is 24.8 Å². The molecule has 2 aromatic rings. The van der Waals surface area contributed by atoms with Crippen LogP contribution in [0.25, 0.3) is 0 Å². The van der Waals surface area contributed by atoms with Crippen LogP contribution in [0, 0.1) is 0 Å². The summed E-state index contributed by atoms with van der Waals surface area (Å²) >= 11 is 5.78. The van der Waals surface area contributed by atoms with Crippen LogP contribution in [0.5, 0.6) is 0 Å². The molecule has 1 saturated heterocycles. The lowest BCUT2D eigenvalue weighted by Crippen LogP contribution is -2.35. The predicted octanol–water partition coefficient (Wildman–Crippen LogP) is 2.38. The van der Waals surface area contributed by atoms with Crippen molar-refractivity contribution in [2.75, 3.05) is 32.0 Å². The molecule has 0 spiro atoms. The zero-order valence-electron chi connectivity index (χ0n) is 16.3. The van der Waals surface area contributed by atoms with E-state index in [4.69, 9.17) is 11.6 Å². The third kappa shape index (κ3) is 5.01. The molecule has 8 nitrogen and oxygen atoms in total. The highest BCUT2D eigenvalue weighted by Crippen LogP contribution is 2.22. The van der Waals surface area contributed by atoms with Gasteiger partial charge >= 0.3 is 0 Å². The Bertz CT molecular complexity index is 1110. The summed E-state index contributed by atoms with van der Waals surface area (Å²) in [5.41, 5.74) is 0.373. The minimum absolute atomic E-state index is 0.0265. The third-order valence-electron chi connectivity index (χ3n) is 4.73. The molecule has 1 amide bonds. The third-order valence-corrected chi connectivity index (χ3v) is 8.71. The highest BCUT2D eigenvalue weighted by molar-refractivity contribution is 7.89. The van der Waals surface area contributed by atoms with E-state index in [1.807, 2.05) is 0 Å². The van der Waals surface area contributed by atoms with Crippen LogP contribution in [0.15, 0.2) is 58.3 Å². The fourth-order valence-electron chi connectivity index (χ4n) is 3.06. The molecule has 3 rings (SSSR count). The Balaban J connectivity index is 1.64. The molecule has 0 bridgehead atoms. The number of hydrogen-bond donors (Lipinski definition) is 1. The molecule has 0 saturated carbocycles. The largest absolute Gasteiger partial charge is 0.325 e. The zero-order chi connectivity index (χ0) is 21.9. The van der Waals surface area contributed by atoms with Crippen molar-refractivity contribution < 1.29 is 21.6 Å². The molecule has 1 aliphatic heterocycles. The number of carbonyl (C=O) groups excluding carboxylic acids is 1. The van der Waals surface area contributed by atoms with Crippen molar-refractivity contribution in [1.82, 2.24) is 8.61 Å². The summed E-state index contributed by atoms with van der Waals surface area (Å²) in [5, 5.41) is 2.99. The average Bonchev–Trinajstić information content (AvgIpc) is 3.24. The number of halogens is 1. The summed E-state index contributed by atoms with van der Waals surface area (Å²) in [7, 11) is -6.08. The molecule has 0 aromatic heterocycles. The summed E-state index contributed by atoms with van der Waals surface area (Å²) < 4.78 is 52.5. The van der Waals surface area contributed by atoms with Crippen molar-refractivity contribution in [1.29, 1.82) is 0 Å². The maximum atomic E-state index is 12.5. The molecule has 0 atom stereocenters. The summed E-state index contributed by atoms with van der Waals surface area (Å²) in [4.78, 5) is 12.5. The number of rotatable bonds is 7. The minimum atomic E-state index is -3.85. The molecular formula is C19H22ClN3O5S2. The topological polar surface area (TPSA) is 104 Å². The van der Waals surface area contributed by atoms with Gasteiger partial charge in [0.25, 0.3) is 0 Å². The van der Waals surface area contributed by atoms with E-state index in [-0.39, 0.29) is 9.79 Å². The number of carbonyl (C=O) groups is 1. The number of benzene rings is 2. The first-order chi connectivity index (χ1) is 14.1. The van der Waals surface area contributed by atoms with Crippen LogP contribution < -0.4 is 5.32 Å². The van der Waals surface area contributed by atoms with Crippen LogP contribution >= 0.6 is 11.6 Å². The number of sulfonamides is 2. The number of anilines is 1. The molecule has 11 heteroatoms. The van der Waals surface area contributed by atoms with Crippen molar-refractivity contribution in [3.8, 4) is 0 Å². The molecule has 1 N–H and O–H groups in total. The van der Waals surface area contributed by atoms with Crippen LogP contribution in [-0.4, -0.2) is 58.0 Å². The lowest BCUT2D eigenvalue weighted by molar-refractivity contribution is -0.116. The van der Waals surface area contributed by atoms with Crippen molar-refractivity contribution in [3.63, 3.8) is 0 Å². The Kier molecular flexibility index (Phi) is 6.83. The number of nitrogens with one attached hydrogen (secondary N) is 1. The van der Waals surface area contributed by atoms with E-state index >= 15 is 0 Å². The summed E-state index contributed by atoms with van der Waals surface area (Å²) in [6, 6.07) is 11.5. The number of amides is 1. The normalized spacial score (nSPS) is 15.4. The van der Waals surface area contributed by atoms with E-state index < -0.39 is 32.5 Å². The number of nitrogens with zero attached hydrogens (tertiary/aromatic N) is 2. The van der Waals surface area contributed by atoms with Crippen molar-refractivity contribution in [2.24, 2.45) is 0 Å². The number of likely N-dealkylation sites (N-methyl/N-ethyl adjacent to an activating group) is 1. The van der Waals surface area contributed by atoms with Gasteiger partial charge in [0.15, 0.2) is 0 Å². The Hall–Kier alpha value is -1.98. The number of hydrogen-bond acceptors (Lipinski definition) is 5. The highest BCUT2D eigenvalue weighted by Gasteiger charge is 2.27. The van der Waals surface area contributed by atoms with E-state index in [2.05, 4.69) is 5.32 Å². The standard InChI is InChI=1S/C19H22ClN3O5S2/c1-22(29(25,26)17-8-4-15(20)5-9-17)14-19(24)21-16-6-10-18(11-7-16)30(27,28)23-12-2-3-13-23/h4-11H,2-3,12-14H2,1H3,(H,21,24). The Morgan fingerprint density at radius 1 is 0.967 bits per heavy atom. The fraction of sp³-hybridized carbons (Fsp3) is 0.316. The summed E-state index contributed by atoms with van der Waals surface area (Å²) in [6.45, 7) is 0.614. The average molecular weight is 472 g/mol. The van der Waals surface area contributed by atoms with Gasteiger partial charge in [-0.1, -0.05) is 11.6 Å². The molecule has 1 fully saturated rings. The molecule has 0 radical (unpaired) electrons. The molecule has 30 heavy (non-hydrogen) atoms. The van der Waals surface area contributed by atoms with Gasteiger partial charge in [0.05, 0.1) is 16.3 Å². The van der Waals surface area contributed by atoms with Crippen molar-refractivity contribution in [2.45, 2.75) is 22.6 Å². The Morgan fingerprint density at radius 3 is 2.07 bits per heavy atom. The van der Waals surface area contributed by atoms with Gasteiger partial charge in [-0.15, -0.1) is 0 Å². The van der Waals surface area contributed by atoms with Gasteiger partial charge in [-0.05, 0) is 61.4 Å². The SMILES string of the molecule is CN(CC(=O)Nc1ccc(S(=O)(=O)N2CCCC2)cc1)S(=O)(=O)c1ccc(Cl)cc1. The molecule has 0 aliphatic carbocycles. The molecule has 162 valence electrons. The smallest absolute Gasteiger partial charge is 0.243 e. The van der Waals surface area contributed by atoms with E-state index in [0.717, 1.165) is 17.1 Å². The maximum absolute atomic E-state index is 12.5.